The Morgan fingerprint density at radius 2 is 1.09 bits per heavy atom. The smallest absolute Gasteiger partial charge is 0.0943 e. The summed E-state index contributed by atoms with van der Waals surface area (Å²) in [6, 6.07) is 63.3. The molecule has 1 aliphatic heterocycles. The third-order valence-electron chi connectivity index (χ3n) is 11.6. The van der Waals surface area contributed by atoms with Crippen molar-refractivity contribution < 1.29 is 0 Å². The highest BCUT2D eigenvalue weighted by Gasteiger charge is 2.46. The number of nitrogens with zero attached hydrogens (tertiary/aromatic N) is 3. The molecule has 11 rings (SSSR count). The third-order valence-corrected chi connectivity index (χ3v) is 11.6. The van der Waals surface area contributed by atoms with Crippen molar-refractivity contribution in [3.63, 3.8) is 0 Å². The summed E-state index contributed by atoms with van der Waals surface area (Å²) in [5, 5.41) is 2.53. The van der Waals surface area contributed by atoms with E-state index in [-0.39, 0.29) is 12.1 Å². The molecule has 3 nitrogen and oxygen atoms in total. The largest absolute Gasteiger partial charge is 0.323 e. The first-order chi connectivity index (χ1) is 26.3. The van der Waals surface area contributed by atoms with Crippen LogP contribution in [-0.2, 0) is 5.41 Å². The molecule has 7 aromatic carbocycles. The number of fused-ring (bicyclic) bond motifs is 7. The van der Waals surface area contributed by atoms with Gasteiger partial charge >= 0.3 is 0 Å². The standard InChI is InChI=1S/C50H35N3/c1-3-13-36(14-4-1)50(37-15-5-2-6-16-37)44-19-9-7-17-40(44)42-31-43-41-18-8-11-21-47(41)53(49(43)32-45(42)50)39-29-25-35(26-30-39)34-23-27-38(28-24-34)52-33-51-46-20-10-12-22-48(46)52/h1-33,46,48H. The summed E-state index contributed by atoms with van der Waals surface area (Å²) in [5.74, 6) is 0. The van der Waals surface area contributed by atoms with Gasteiger partial charge in [-0.25, -0.2) is 0 Å². The molecule has 0 amide bonds. The molecule has 0 radical (unpaired) electrons. The van der Waals surface area contributed by atoms with E-state index >= 15 is 0 Å². The molecule has 3 aliphatic rings. The van der Waals surface area contributed by atoms with Crippen molar-refractivity contribution >= 4 is 33.8 Å². The molecule has 2 aliphatic carbocycles. The summed E-state index contributed by atoms with van der Waals surface area (Å²) >= 11 is 0. The number of hydrogen-bond acceptors (Lipinski definition) is 2. The number of anilines is 1. The van der Waals surface area contributed by atoms with Gasteiger partial charge in [0, 0.05) is 22.1 Å². The molecular weight excluding hydrogens is 643 g/mol. The lowest BCUT2D eigenvalue weighted by atomic mass is 9.67. The SMILES string of the molecule is C1=CC2N=CN(c3ccc(-c4ccc(-n5c6ccccc6c6cc7c(cc65)C(c5ccccc5)(c5ccccc5)c5ccccc5-7)cc4)cc3)C2C=C1. The van der Waals surface area contributed by atoms with Gasteiger partial charge in [-0.3, -0.25) is 4.99 Å². The van der Waals surface area contributed by atoms with E-state index in [4.69, 9.17) is 4.99 Å². The second-order valence-corrected chi connectivity index (χ2v) is 14.3. The van der Waals surface area contributed by atoms with E-state index in [0.717, 1.165) is 11.4 Å². The van der Waals surface area contributed by atoms with E-state index in [9.17, 15) is 0 Å². The van der Waals surface area contributed by atoms with Crippen molar-refractivity contribution in [1.29, 1.82) is 0 Å². The van der Waals surface area contributed by atoms with E-state index in [1.54, 1.807) is 0 Å². The van der Waals surface area contributed by atoms with Crippen molar-refractivity contribution in [2.75, 3.05) is 4.90 Å². The fraction of sp³-hybridized carbons (Fsp3) is 0.0600. The number of allylic oxidation sites excluding steroid dienone is 2. The van der Waals surface area contributed by atoms with Gasteiger partial charge < -0.3 is 9.47 Å². The summed E-state index contributed by atoms with van der Waals surface area (Å²) in [6.45, 7) is 0. The van der Waals surface area contributed by atoms with E-state index < -0.39 is 5.41 Å². The van der Waals surface area contributed by atoms with Gasteiger partial charge in [0.05, 0.1) is 34.9 Å². The highest BCUT2D eigenvalue weighted by Crippen LogP contribution is 2.57. The lowest BCUT2D eigenvalue weighted by Gasteiger charge is -2.34. The number of aromatic nitrogens is 1. The first-order valence-electron chi connectivity index (χ1n) is 18.5. The van der Waals surface area contributed by atoms with Crippen molar-refractivity contribution in [3.8, 4) is 27.9 Å². The van der Waals surface area contributed by atoms with Crippen molar-refractivity contribution in [3.05, 3.63) is 216 Å². The number of hydrogen-bond donors (Lipinski definition) is 0. The van der Waals surface area contributed by atoms with Gasteiger partial charge in [-0.2, -0.15) is 0 Å². The Morgan fingerprint density at radius 1 is 0.472 bits per heavy atom. The second kappa shape index (κ2) is 11.7. The van der Waals surface area contributed by atoms with Crippen LogP contribution in [0.5, 0.6) is 0 Å². The van der Waals surface area contributed by atoms with Crippen LogP contribution >= 0.6 is 0 Å². The summed E-state index contributed by atoms with van der Waals surface area (Å²) in [7, 11) is 0. The quantitative estimate of drug-likeness (QED) is 0.178. The summed E-state index contributed by atoms with van der Waals surface area (Å²) in [4.78, 5) is 6.97. The van der Waals surface area contributed by atoms with Gasteiger partial charge in [0.25, 0.3) is 0 Å². The molecule has 2 unspecified atom stereocenters. The zero-order valence-corrected chi connectivity index (χ0v) is 29.0. The van der Waals surface area contributed by atoms with Gasteiger partial charge in [0.2, 0.25) is 0 Å². The average Bonchev–Trinajstić information content (AvgIpc) is 3.90. The molecule has 8 aromatic rings. The molecule has 53 heavy (non-hydrogen) atoms. The van der Waals surface area contributed by atoms with Crippen LogP contribution in [0.25, 0.3) is 49.7 Å². The molecule has 0 spiro atoms. The van der Waals surface area contributed by atoms with E-state index in [0.29, 0.717) is 0 Å². The van der Waals surface area contributed by atoms with Gasteiger partial charge in [-0.15, -0.1) is 0 Å². The Bertz CT molecular complexity index is 2730. The molecule has 250 valence electrons. The summed E-state index contributed by atoms with van der Waals surface area (Å²) in [5.41, 5.74) is 14.5. The number of para-hydroxylation sites is 1. The molecule has 0 saturated heterocycles. The lowest BCUT2D eigenvalue weighted by Crippen LogP contribution is -2.34. The van der Waals surface area contributed by atoms with E-state index in [1.807, 2.05) is 6.34 Å². The van der Waals surface area contributed by atoms with Crippen LogP contribution in [-0.4, -0.2) is 23.0 Å². The molecule has 2 atom stereocenters. The van der Waals surface area contributed by atoms with Crippen LogP contribution in [0.3, 0.4) is 0 Å². The van der Waals surface area contributed by atoms with Crippen LogP contribution in [0.4, 0.5) is 5.69 Å². The molecule has 0 fully saturated rings. The molecule has 0 N–H and O–H groups in total. The molecule has 3 heteroatoms. The van der Waals surface area contributed by atoms with Crippen LogP contribution in [0.1, 0.15) is 22.3 Å². The second-order valence-electron chi connectivity index (χ2n) is 14.3. The Balaban J connectivity index is 1.06. The minimum absolute atomic E-state index is 0.192. The van der Waals surface area contributed by atoms with Crippen molar-refractivity contribution in [1.82, 2.24) is 4.57 Å². The fourth-order valence-corrected chi connectivity index (χ4v) is 9.25. The Kier molecular flexibility index (Phi) is 6.59. The van der Waals surface area contributed by atoms with E-state index in [2.05, 4.69) is 204 Å². The van der Waals surface area contributed by atoms with Gasteiger partial charge in [-0.05, 0) is 87.0 Å². The van der Waals surface area contributed by atoms with Crippen LogP contribution < -0.4 is 4.90 Å². The van der Waals surface area contributed by atoms with Gasteiger partial charge in [-0.1, -0.05) is 152 Å². The highest BCUT2D eigenvalue weighted by atomic mass is 15.3. The van der Waals surface area contributed by atoms with E-state index in [1.165, 1.54) is 66.3 Å². The molecule has 2 heterocycles. The summed E-state index contributed by atoms with van der Waals surface area (Å²) < 4.78 is 2.46. The van der Waals surface area contributed by atoms with Crippen LogP contribution in [0.2, 0.25) is 0 Å². The van der Waals surface area contributed by atoms with Crippen LogP contribution in [0.15, 0.2) is 199 Å². The Hall–Kier alpha value is -6.71. The monoisotopic (exact) mass is 677 g/mol. The summed E-state index contributed by atoms with van der Waals surface area (Å²) in [6.07, 6.45) is 10.6. The zero-order valence-electron chi connectivity index (χ0n) is 29.0. The molecule has 1 aromatic heterocycles. The molecule has 0 saturated carbocycles. The third kappa shape index (κ3) is 4.37. The first kappa shape index (κ1) is 30.0. The number of benzene rings is 7. The topological polar surface area (TPSA) is 20.5 Å². The number of rotatable bonds is 5. The lowest BCUT2D eigenvalue weighted by molar-refractivity contribution is 0.740. The minimum atomic E-state index is -0.453. The average molecular weight is 678 g/mol. The van der Waals surface area contributed by atoms with Crippen molar-refractivity contribution in [2.45, 2.75) is 17.5 Å². The normalized spacial score (nSPS) is 17.7. The first-order valence-corrected chi connectivity index (χ1v) is 18.5. The number of aliphatic imine (C=N–C) groups is 1. The fourth-order valence-electron chi connectivity index (χ4n) is 9.25. The zero-order chi connectivity index (χ0) is 34.9. The maximum atomic E-state index is 4.70. The Morgan fingerprint density at radius 3 is 1.83 bits per heavy atom. The molecular formula is C50H35N3. The Labute approximate surface area is 309 Å². The predicted octanol–water partition coefficient (Wildman–Crippen LogP) is 11.5. The van der Waals surface area contributed by atoms with Gasteiger partial charge in [0.15, 0.2) is 0 Å². The predicted molar refractivity (Wildman–Crippen MR) is 220 cm³/mol. The highest BCUT2D eigenvalue weighted by molar-refractivity contribution is 6.12. The van der Waals surface area contributed by atoms with Gasteiger partial charge in [0.1, 0.15) is 0 Å². The van der Waals surface area contributed by atoms with Crippen molar-refractivity contribution in [2.24, 2.45) is 4.99 Å². The minimum Gasteiger partial charge on any atom is -0.323 e. The maximum Gasteiger partial charge on any atom is 0.0943 e. The molecule has 0 bridgehead atoms. The van der Waals surface area contributed by atoms with Crippen LogP contribution in [0, 0.1) is 0 Å². The maximum absolute atomic E-state index is 4.70.